The lowest BCUT2D eigenvalue weighted by Crippen LogP contribution is -2.38. The number of rotatable bonds is 4. The van der Waals surface area contributed by atoms with Crippen LogP contribution >= 0.6 is 0 Å². The summed E-state index contributed by atoms with van der Waals surface area (Å²) in [7, 11) is 1.82. The van der Waals surface area contributed by atoms with Gasteiger partial charge in [0.1, 0.15) is 5.60 Å². The Morgan fingerprint density at radius 3 is 2.12 bits per heavy atom. The van der Waals surface area contributed by atoms with Crippen LogP contribution in [0.4, 0.5) is 4.79 Å². The summed E-state index contributed by atoms with van der Waals surface area (Å²) in [6.45, 7) is 3.43. The molecule has 0 saturated carbocycles. The molecule has 4 nitrogen and oxygen atoms in total. The highest BCUT2D eigenvalue weighted by Crippen LogP contribution is 2.34. The molecule has 0 N–H and O–H groups in total. The van der Waals surface area contributed by atoms with Crippen molar-refractivity contribution in [3.63, 3.8) is 0 Å². The Morgan fingerprint density at radius 2 is 1.60 bits per heavy atom. The smallest absolute Gasteiger partial charge is 0.410 e. The minimum atomic E-state index is -0.316. The third-order valence-corrected chi connectivity index (χ3v) is 5.38. The van der Waals surface area contributed by atoms with E-state index in [9.17, 15) is 4.79 Å². The largest absolute Gasteiger partial charge is 0.439 e. The van der Waals surface area contributed by atoms with Gasteiger partial charge in [-0.25, -0.2) is 4.79 Å². The summed E-state index contributed by atoms with van der Waals surface area (Å²) in [6.07, 6.45) is 0.726. The monoisotopic (exact) mass is 336 g/mol. The van der Waals surface area contributed by atoms with Crippen LogP contribution in [-0.4, -0.2) is 54.7 Å². The average molecular weight is 336 g/mol. The fourth-order valence-corrected chi connectivity index (χ4v) is 4.12. The molecule has 2 aromatic carbocycles. The van der Waals surface area contributed by atoms with E-state index in [4.69, 9.17) is 4.74 Å². The van der Waals surface area contributed by atoms with E-state index in [2.05, 4.69) is 65.6 Å². The minimum absolute atomic E-state index is 0.190. The van der Waals surface area contributed by atoms with Gasteiger partial charge >= 0.3 is 6.09 Å². The second kappa shape index (κ2) is 6.52. The first kappa shape index (κ1) is 16.2. The Morgan fingerprint density at radius 1 is 1.00 bits per heavy atom. The van der Waals surface area contributed by atoms with Crippen LogP contribution in [0.25, 0.3) is 0 Å². The highest BCUT2D eigenvalue weighted by atomic mass is 16.6. The van der Waals surface area contributed by atoms with Crippen molar-refractivity contribution in [2.75, 3.05) is 33.2 Å². The van der Waals surface area contributed by atoms with Gasteiger partial charge in [-0.2, -0.15) is 0 Å². The molecule has 130 valence electrons. The fourth-order valence-electron chi connectivity index (χ4n) is 4.12. The van der Waals surface area contributed by atoms with E-state index in [0.29, 0.717) is 12.5 Å². The van der Waals surface area contributed by atoms with Crippen molar-refractivity contribution >= 4 is 6.09 Å². The van der Waals surface area contributed by atoms with Gasteiger partial charge in [0.2, 0.25) is 0 Å². The molecule has 1 atom stereocenters. The van der Waals surface area contributed by atoms with Gasteiger partial charge < -0.3 is 9.64 Å². The standard InChI is InChI=1S/C21H24N2O2/c1-22-15-21(25-20(22)24)12-13-23(16-21)14-19(17-8-4-2-5-9-17)18-10-6-3-7-11-18/h2-11,19H,12-16H2,1H3. The maximum atomic E-state index is 11.8. The lowest BCUT2D eigenvalue weighted by atomic mass is 9.91. The predicted molar refractivity (Wildman–Crippen MR) is 97.6 cm³/mol. The number of nitrogens with zero attached hydrogens (tertiary/aromatic N) is 2. The molecule has 0 aliphatic carbocycles. The molecule has 2 saturated heterocycles. The molecule has 0 bridgehead atoms. The van der Waals surface area contributed by atoms with Crippen molar-refractivity contribution in [2.45, 2.75) is 17.9 Å². The number of ether oxygens (including phenoxy) is 1. The number of hydrogen-bond donors (Lipinski definition) is 0. The molecule has 2 aliphatic rings. The van der Waals surface area contributed by atoms with E-state index in [1.807, 2.05) is 7.05 Å². The van der Waals surface area contributed by atoms with E-state index in [0.717, 1.165) is 26.1 Å². The minimum Gasteiger partial charge on any atom is -0.439 e. The van der Waals surface area contributed by atoms with Gasteiger partial charge in [-0.05, 0) is 11.1 Å². The summed E-state index contributed by atoms with van der Waals surface area (Å²) in [6, 6.07) is 21.3. The maximum Gasteiger partial charge on any atom is 0.410 e. The highest BCUT2D eigenvalue weighted by molar-refractivity contribution is 5.70. The summed E-state index contributed by atoms with van der Waals surface area (Å²) in [5.41, 5.74) is 2.34. The van der Waals surface area contributed by atoms with Gasteiger partial charge in [0.05, 0.1) is 6.54 Å². The molecule has 25 heavy (non-hydrogen) atoms. The number of likely N-dealkylation sites (N-methyl/N-ethyl adjacent to an activating group) is 1. The van der Waals surface area contributed by atoms with Crippen molar-refractivity contribution < 1.29 is 9.53 Å². The van der Waals surface area contributed by atoms with Crippen LogP contribution in [0.3, 0.4) is 0 Å². The van der Waals surface area contributed by atoms with Crippen molar-refractivity contribution in [1.82, 2.24) is 9.80 Å². The summed E-state index contributed by atoms with van der Waals surface area (Å²) in [5.74, 6) is 0.326. The quantitative estimate of drug-likeness (QED) is 0.858. The normalized spacial score (nSPS) is 23.6. The van der Waals surface area contributed by atoms with Crippen LogP contribution < -0.4 is 0 Å². The molecule has 2 fully saturated rings. The Kier molecular flexibility index (Phi) is 4.22. The Bertz CT molecular complexity index is 695. The SMILES string of the molecule is CN1CC2(CCN(CC(c3ccccc3)c3ccccc3)C2)OC1=O. The molecule has 2 aliphatic heterocycles. The second-order valence-electron chi connectivity index (χ2n) is 7.27. The van der Waals surface area contributed by atoms with Crippen LogP contribution in [0.1, 0.15) is 23.5 Å². The van der Waals surface area contributed by atoms with Crippen LogP contribution in [-0.2, 0) is 4.74 Å². The lowest BCUT2D eigenvalue weighted by molar-refractivity contribution is 0.0631. The second-order valence-corrected chi connectivity index (χ2v) is 7.27. The number of likely N-dealkylation sites (tertiary alicyclic amines) is 1. The topological polar surface area (TPSA) is 32.8 Å². The summed E-state index contributed by atoms with van der Waals surface area (Å²) in [4.78, 5) is 15.9. The molecular weight excluding hydrogens is 312 g/mol. The molecule has 4 rings (SSSR count). The van der Waals surface area contributed by atoms with E-state index in [1.165, 1.54) is 11.1 Å². The van der Waals surface area contributed by atoms with Crippen molar-refractivity contribution in [3.8, 4) is 0 Å². The summed E-state index contributed by atoms with van der Waals surface area (Å²) in [5, 5.41) is 0. The first-order valence-electron chi connectivity index (χ1n) is 8.92. The van der Waals surface area contributed by atoms with Gasteiger partial charge in [-0.3, -0.25) is 4.90 Å². The molecule has 1 spiro atoms. The summed E-state index contributed by atoms with van der Waals surface area (Å²) >= 11 is 0. The van der Waals surface area contributed by atoms with E-state index >= 15 is 0 Å². The Balaban J connectivity index is 1.53. The molecule has 1 amide bonds. The fraction of sp³-hybridized carbons (Fsp3) is 0.381. The zero-order chi connectivity index (χ0) is 17.3. The van der Waals surface area contributed by atoms with Gasteiger partial charge in [0, 0.05) is 39.0 Å². The van der Waals surface area contributed by atoms with E-state index in [-0.39, 0.29) is 11.7 Å². The zero-order valence-corrected chi connectivity index (χ0v) is 14.6. The van der Waals surface area contributed by atoms with Crippen LogP contribution in [0.2, 0.25) is 0 Å². The van der Waals surface area contributed by atoms with Crippen LogP contribution in [0, 0.1) is 0 Å². The van der Waals surface area contributed by atoms with Gasteiger partial charge in [0.15, 0.2) is 0 Å². The number of carbonyl (C=O) groups is 1. The molecule has 2 heterocycles. The van der Waals surface area contributed by atoms with Crippen LogP contribution in [0.15, 0.2) is 60.7 Å². The molecule has 1 unspecified atom stereocenters. The van der Waals surface area contributed by atoms with Crippen molar-refractivity contribution in [2.24, 2.45) is 0 Å². The number of hydrogen-bond acceptors (Lipinski definition) is 3. The van der Waals surface area contributed by atoms with E-state index < -0.39 is 0 Å². The number of carbonyl (C=O) groups excluding carboxylic acids is 1. The molecule has 4 heteroatoms. The number of benzene rings is 2. The average Bonchev–Trinajstić information content (AvgIpc) is 3.16. The molecule has 0 aromatic heterocycles. The van der Waals surface area contributed by atoms with Crippen molar-refractivity contribution in [3.05, 3.63) is 71.8 Å². The highest BCUT2D eigenvalue weighted by Gasteiger charge is 2.48. The maximum absolute atomic E-state index is 11.8. The van der Waals surface area contributed by atoms with Crippen LogP contribution in [0.5, 0.6) is 0 Å². The molecule has 2 aromatic rings. The molecular formula is C21H24N2O2. The Labute approximate surface area is 149 Å². The van der Waals surface area contributed by atoms with E-state index in [1.54, 1.807) is 4.90 Å². The zero-order valence-electron chi connectivity index (χ0n) is 14.6. The third kappa shape index (κ3) is 3.27. The summed E-state index contributed by atoms with van der Waals surface area (Å²) < 4.78 is 5.69. The molecule has 0 radical (unpaired) electrons. The van der Waals surface area contributed by atoms with Gasteiger partial charge in [-0.15, -0.1) is 0 Å². The Hall–Kier alpha value is -2.33. The third-order valence-electron chi connectivity index (χ3n) is 5.38. The van der Waals surface area contributed by atoms with Crippen molar-refractivity contribution in [1.29, 1.82) is 0 Å². The lowest BCUT2D eigenvalue weighted by Gasteiger charge is -2.26. The van der Waals surface area contributed by atoms with Gasteiger partial charge in [-0.1, -0.05) is 60.7 Å². The number of amides is 1. The first-order valence-corrected chi connectivity index (χ1v) is 8.92. The van der Waals surface area contributed by atoms with Gasteiger partial charge in [0.25, 0.3) is 0 Å². The predicted octanol–water partition coefficient (Wildman–Crippen LogP) is 3.35. The first-order chi connectivity index (χ1) is 12.2.